The highest BCUT2D eigenvalue weighted by Gasteiger charge is 2.40. The highest BCUT2D eigenvalue weighted by molar-refractivity contribution is 5.80. The molecule has 180 valence electrons. The monoisotopic (exact) mass is 460 g/mol. The predicted molar refractivity (Wildman–Crippen MR) is 125 cm³/mol. The lowest BCUT2D eigenvalue weighted by Gasteiger charge is -2.37. The molecule has 1 saturated carbocycles. The van der Waals surface area contributed by atoms with Crippen LogP contribution in [0.4, 0.5) is 8.78 Å². The smallest absolute Gasteiger partial charge is 0.260 e. The van der Waals surface area contributed by atoms with Gasteiger partial charge in [0.05, 0.1) is 11.6 Å². The Bertz CT molecular complexity index is 1090. The number of rotatable bonds is 4. The first-order valence-corrected chi connectivity index (χ1v) is 11.9. The normalized spacial score (nSPS) is 28.6. The van der Waals surface area contributed by atoms with E-state index in [1.165, 1.54) is 0 Å². The second-order valence-electron chi connectivity index (χ2n) is 10.1. The van der Waals surface area contributed by atoms with E-state index >= 15 is 0 Å². The minimum Gasteiger partial charge on any atom is -0.353 e. The summed E-state index contributed by atoms with van der Waals surface area (Å²) in [7, 11) is 1.79. The highest BCUT2D eigenvalue weighted by Crippen LogP contribution is 2.37. The fraction of sp³-hybridized carbons (Fsp3) is 0.640. The molecule has 1 aliphatic carbocycles. The van der Waals surface area contributed by atoms with E-state index in [0.717, 1.165) is 41.9 Å². The van der Waals surface area contributed by atoms with Gasteiger partial charge in [-0.05, 0) is 69.5 Å². The molecule has 2 N–H and O–H groups in total. The molecule has 2 aromatic rings. The van der Waals surface area contributed by atoms with Gasteiger partial charge in [-0.25, -0.2) is 8.78 Å². The van der Waals surface area contributed by atoms with E-state index < -0.39 is 17.9 Å². The lowest BCUT2D eigenvalue weighted by Crippen LogP contribution is -2.52. The van der Waals surface area contributed by atoms with Gasteiger partial charge in [-0.1, -0.05) is 6.92 Å². The summed E-state index contributed by atoms with van der Waals surface area (Å²) in [4.78, 5) is 30.5. The van der Waals surface area contributed by atoms with Crippen molar-refractivity contribution in [3.8, 4) is 0 Å². The predicted octanol–water partition coefficient (Wildman–Crippen LogP) is 3.65. The van der Waals surface area contributed by atoms with Crippen LogP contribution in [-0.2, 0) is 11.8 Å². The second-order valence-corrected chi connectivity index (χ2v) is 10.1. The first-order chi connectivity index (χ1) is 15.5. The quantitative estimate of drug-likeness (QED) is 0.730. The van der Waals surface area contributed by atoms with Crippen LogP contribution in [0.5, 0.6) is 0 Å². The summed E-state index contributed by atoms with van der Waals surface area (Å²) in [6.45, 7) is 5.37. The summed E-state index contributed by atoms with van der Waals surface area (Å²) >= 11 is 0. The number of alkyl halides is 2. The summed E-state index contributed by atoms with van der Waals surface area (Å²) < 4.78 is 29.2. The van der Waals surface area contributed by atoms with Gasteiger partial charge in [-0.2, -0.15) is 0 Å². The minimum atomic E-state index is -2.85. The van der Waals surface area contributed by atoms with Crippen molar-refractivity contribution in [1.82, 2.24) is 20.2 Å². The van der Waals surface area contributed by atoms with Crippen molar-refractivity contribution >= 4 is 16.8 Å². The molecule has 1 saturated heterocycles. The molecule has 1 amide bonds. The maximum Gasteiger partial charge on any atom is 0.260 e. The number of pyridine rings is 2. The van der Waals surface area contributed by atoms with Crippen LogP contribution < -0.4 is 16.2 Å². The number of piperidine rings is 1. The fourth-order valence-electron chi connectivity index (χ4n) is 5.50. The van der Waals surface area contributed by atoms with Gasteiger partial charge in [0.15, 0.2) is 0 Å². The van der Waals surface area contributed by atoms with Crippen LogP contribution in [0.25, 0.3) is 10.9 Å². The third-order valence-corrected chi connectivity index (χ3v) is 7.60. The van der Waals surface area contributed by atoms with Crippen LogP contribution in [0.15, 0.2) is 23.1 Å². The Morgan fingerprint density at radius 3 is 2.73 bits per heavy atom. The number of nitrogens with one attached hydrogen (secondary N) is 2. The maximum atomic E-state index is 13.8. The number of nitrogens with zero attached hydrogens (tertiary/aromatic N) is 2. The zero-order valence-electron chi connectivity index (χ0n) is 19.8. The van der Waals surface area contributed by atoms with E-state index in [9.17, 15) is 18.4 Å². The number of hydrogen-bond donors (Lipinski definition) is 2. The molecular weight excluding hydrogens is 426 g/mol. The third-order valence-electron chi connectivity index (χ3n) is 7.60. The Morgan fingerprint density at radius 1 is 1.24 bits per heavy atom. The molecule has 2 aliphatic rings. The number of aryl methyl sites for hydroxylation is 2. The van der Waals surface area contributed by atoms with Crippen LogP contribution in [0.3, 0.4) is 0 Å². The zero-order valence-corrected chi connectivity index (χ0v) is 19.8. The molecular formula is C25H34F2N4O2. The standard InChI is InChI=1S/C25H34F2N4O2/c1-14-5-6-18(30-23(32)16-7-8-28-22(11-16)25(3,26)27)12-19(14)20-10-17-13-29-15(2)9-21(17)31(4)24(20)33/h9-10,13-14,16,18-19,22,28H,5-8,11-12H2,1-4H3,(H,30,32). The van der Waals surface area contributed by atoms with E-state index in [2.05, 4.69) is 22.5 Å². The van der Waals surface area contributed by atoms with Crippen LogP contribution in [0.1, 0.15) is 63.1 Å². The first-order valence-electron chi connectivity index (χ1n) is 11.9. The summed E-state index contributed by atoms with van der Waals surface area (Å²) in [5.41, 5.74) is 2.47. The SMILES string of the molecule is Cc1cc2c(cn1)cc(C1CC(NC(=O)C3CCNC(C(C)(F)F)C3)CCC1C)c(=O)n2C. The van der Waals surface area contributed by atoms with Crippen molar-refractivity contribution in [3.05, 3.63) is 39.9 Å². The zero-order chi connectivity index (χ0) is 23.9. The molecule has 5 atom stereocenters. The van der Waals surface area contributed by atoms with E-state index in [-0.39, 0.29) is 29.8 Å². The molecule has 0 radical (unpaired) electrons. The van der Waals surface area contributed by atoms with Crippen LogP contribution in [0.2, 0.25) is 0 Å². The molecule has 5 unspecified atom stereocenters. The van der Waals surface area contributed by atoms with Crippen LogP contribution in [0, 0.1) is 18.8 Å². The molecule has 3 heterocycles. The van der Waals surface area contributed by atoms with Gasteiger partial charge in [0.25, 0.3) is 11.5 Å². The molecule has 2 aromatic heterocycles. The minimum absolute atomic E-state index is 0.0108. The highest BCUT2D eigenvalue weighted by atomic mass is 19.3. The van der Waals surface area contributed by atoms with E-state index in [1.807, 2.05) is 19.1 Å². The molecule has 0 bridgehead atoms. The molecule has 6 nitrogen and oxygen atoms in total. The van der Waals surface area contributed by atoms with Crippen molar-refractivity contribution in [2.24, 2.45) is 18.9 Å². The lowest BCUT2D eigenvalue weighted by atomic mass is 9.74. The van der Waals surface area contributed by atoms with Gasteiger partial charge < -0.3 is 15.2 Å². The average Bonchev–Trinajstić information content (AvgIpc) is 2.77. The Hall–Kier alpha value is -2.35. The number of carbonyl (C=O) groups excluding carboxylic acids is 1. The van der Waals surface area contributed by atoms with Crippen molar-refractivity contribution in [1.29, 1.82) is 0 Å². The van der Waals surface area contributed by atoms with Crippen molar-refractivity contribution in [2.75, 3.05) is 6.54 Å². The number of fused-ring (bicyclic) bond motifs is 1. The van der Waals surface area contributed by atoms with Gasteiger partial charge in [0.2, 0.25) is 5.91 Å². The molecule has 33 heavy (non-hydrogen) atoms. The second kappa shape index (κ2) is 9.12. The molecule has 8 heteroatoms. The molecule has 0 spiro atoms. The number of halogens is 2. The lowest BCUT2D eigenvalue weighted by molar-refractivity contribution is -0.128. The molecule has 0 aromatic carbocycles. The van der Waals surface area contributed by atoms with E-state index in [1.54, 1.807) is 17.8 Å². The van der Waals surface area contributed by atoms with Gasteiger partial charge in [-0.3, -0.25) is 14.6 Å². The average molecular weight is 461 g/mol. The van der Waals surface area contributed by atoms with Gasteiger partial charge in [-0.15, -0.1) is 0 Å². The van der Waals surface area contributed by atoms with E-state index in [4.69, 9.17) is 0 Å². The Balaban J connectivity index is 1.51. The number of aromatic nitrogens is 2. The summed E-state index contributed by atoms with van der Waals surface area (Å²) in [5, 5.41) is 6.89. The van der Waals surface area contributed by atoms with Gasteiger partial charge in [0.1, 0.15) is 0 Å². The molecule has 4 rings (SSSR count). The summed E-state index contributed by atoms with van der Waals surface area (Å²) in [6, 6.07) is 2.83. The van der Waals surface area contributed by atoms with Gasteiger partial charge >= 0.3 is 0 Å². The van der Waals surface area contributed by atoms with E-state index in [0.29, 0.717) is 25.3 Å². The molecule has 2 fully saturated rings. The van der Waals surface area contributed by atoms with Gasteiger partial charge in [0, 0.05) is 48.8 Å². The largest absolute Gasteiger partial charge is 0.353 e. The summed E-state index contributed by atoms with van der Waals surface area (Å²) in [5.74, 6) is -3.08. The first kappa shape index (κ1) is 23.8. The van der Waals surface area contributed by atoms with Crippen LogP contribution >= 0.6 is 0 Å². The Labute approximate surface area is 193 Å². The third kappa shape index (κ3) is 4.95. The van der Waals surface area contributed by atoms with Crippen LogP contribution in [-0.4, -0.2) is 40.0 Å². The molecule has 1 aliphatic heterocycles. The maximum absolute atomic E-state index is 13.8. The number of hydrogen-bond acceptors (Lipinski definition) is 4. The topological polar surface area (TPSA) is 76.0 Å². The number of amides is 1. The summed E-state index contributed by atoms with van der Waals surface area (Å²) in [6.07, 6.45) is 4.89. The Morgan fingerprint density at radius 2 is 2.00 bits per heavy atom. The van der Waals surface area contributed by atoms with Crippen molar-refractivity contribution in [2.45, 2.75) is 76.8 Å². The number of carbonyl (C=O) groups is 1. The Kier molecular flexibility index (Phi) is 6.58. The van der Waals surface area contributed by atoms with Crippen molar-refractivity contribution < 1.29 is 13.6 Å². The van der Waals surface area contributed by atoms with Crippen molar-refractivity contribution in [3.63, 3.8) is 0 Å². The fourth-order valence-corrected chi connectivity index (χ4v) is 5.50.